The number of amides is 2. The molecule has 2 aliphatic heterocycles. The number of ether oxygens (including phenoxy) is 2. The molecule has 0 fully saturated rings. The van der Waals surface area contributed by atoms with Gasteiger partial charge in [-0.25, -0.2) is 4.79 Å². The zero-order valence-corrected chi connectivity index (χ0v) is 15.0. The highest BCUT2D eigenvalue weighted by atomic mass is 19.4. The number of benzene rings is 2. The molecule has 2 amide bonds. The minimum absolute atomic E-state index is 0.295. The van der Waals surface area contributed by atoms with Crippen molar-refractivity contribution in [2.75, 3.05) is 25.1 Å². The van der Waals surface area contributed by atoms with Gasteiger partial charge in [-0.1, -0.05) is 0 Å². The number of rotatable bonds is 4. The predicted molar refractivity (Wildman–Crippen MR) is 97.0 cm³/mol. The van der Waals surface area contributed by atoms with Gasteiger partial charge < -0.3 is 20.1 Å². The maximum Gasteiger partial charge on any atom is 0.416 e. The van der Waals surface area contributed by atoms with Gasteiger partial charge in [0.1, 0.15) is 11.5 Å². The number of alkyl halides is 3. The Bertz CT molecular complexity index is 863. The first-order valence-corrected chi connectivity index (χ1v) is 9.07. The predicted octanol–water partition coefficient (Wildman–Crippen LogP) is 3.94. The van der Waals surface area contributed by atoms with Gasteiger partial charge in [0.05, 0.1) is 18.8 Å². The Kier molecular flexibility index (Phi) is 4.78. The van der Waals surface area contributed by atoms with E-state index in [-0.39, 0.29) is 0 Å². The van der Waals surface area contributed by atoms with Crippen LogP contribution in [0.15, 0.2) is 30.3 Å². The molecule has 2 aromatic carbocycles. The van der Waals surface area contributed by atoms with Crippen LogP contribution in [0.4, 0.5) is 23.7 Å². The summed E-state index contributed by atoms with van der Waals surface area (Å²) in [5, 5.41) is 5.28. The largest absolute Gasteiger partial charge is 0.493 e. The molecule has 5 nitrogen and oxygen atoms in total. The molecule has 0 radical (unpaired) electrons. The molecule has 2 aliphatic rings. The van der Waals surface area contributed by atoms with Crippen molar-refractivity contribution in [1.82, 2.24) is 5.32 Å². The van der Waals surface area contributed by atoms with E-state index in [1.807, 2.05) is 6.07 Å². The minimum atomic E-state index is -4.40. The van der Waals surface area contributed by atoms with Crippen LogP contribution < -0.4 is 20.1 Å². The van der Waals surface area contributed by atoms with Crippen LogP contribution in [0.1, 0.15) is 22.3 Å². The highest BCUT2D eigenvalue weighted by Crippen LogP contribution is 2.40. The monoisotopic (exact) mass is 392 g/mol. The standard InChI is InChI=1S/C20H19F3N2O3/c21-20(22,23)13-1-3-14(4-2-13)25-19(26)24-8-5-16-15-7-10-27-17(15)11-12-6-9-28-18(12)16/h1-4,11H,5-10H2,(H2,24,25,26). The highest BCUT2D eigenvalue weighted by molar-refractivity contribution is 5.89. The second kappa shape index (κ2) is 7.26. The number of halogens is 3. The number of carbonyl (C=O) groups is 1. The number of nitrogens with one attached hydrogen (secondary N) is 2. The number of hydrogen-bond acceptors (Lipinski definition) is 3. The van der Waals surface area contributed by atoms with E-state index in [0.29, 0.717) is 31.9 Å². The van der Waals surface area contributed by atoms with Crippen LogP contribution in [-0.2, 0) is 25.4 Å². The van der Waals surface area contributed by atoms with E-state index < -0.39 is 17.8 Å². The number of hydrogen-bond donors (Lipinski definition) is 2. The summed E-state index contributed by atoms with van der Waals surface area (Å²) in [6.45, 7) is 1.67. The molecule has 0 atom stereocenters. The van der Waals surface area contributed by atoms with Crippen molar-refractivity contribution in [2.45, 2.75) is 25.4 Å². The molecule has 28 heavy (non-hydrogen) atoms. The third-order valence-electron chi connectivity index (χ3n) is 4.89. The van der Waals surface area contributed by atoms with Crippen molar-refractivity contribution in [2.24, 2.45) is 0 Å². The van der Waals surface area contributed by atoms with Crippen molar-refractivity contribution in [3.8, 4) is 11.5 Å². The molecule has 0 spiro atoms. The Labute approximate surface area is 159 Å². The van der Waals surface area contributed by atoms with E-state index in [4.69, 9.17) is 9.47 Å². The fraction of sp³-hybridized carbons (Fsp3) is 0.350. The van der Waals surface area contributed by atoms with Gasteiger partial charge in [-0.2, -0.15) is 13.2 Å². The van der Waals surface area contributed by atoms with Gasteiger partial charge in [0, 0.05) is 41.8 Å². The van der Waals surface area contributed by atoms with Gasteiger partial charge >= 0.3 is 12.2 Å². The molecule has 2 N–H and O–H groups in total. The Balaban J connectivity index is 1.35. The van der Waals surface area contributed by atoms with Gasteiger partial charge in [-0.05, 0) is 36.8 Å². The summed E-state index contributed by atoms with van der Waals surface area (Å²) in [5.41, 5.74) is 2.86. The van der Waals surface area contributed by atoms with Gasteiger partial charge in [0.2, 0.25) is 0 Å². The third-order valence-corrected chi connectivity index (χ3v) is 4.89. The minimum Gasteiger partial charge on any atom is -0.493 e. The van der Waals surface area contributed by atoms with Gasteiger partial charge in [-0.3, -0.25) is 0 Å². The molecule has 148 valence electrons. The van der Waals surface area contributed by atoms with Crippen molar-refractivity contribution in [3.63, 3.8) is 0 Å². The summed E-state index contributed by atoms with van der Waals surface area (Å²) in [6, 6.07) is 5.89. The number of fused-ring (bicyclic) bond motifs is 2. The average Bonchev–Trinajstić information content (AvgIpc) is 3.29. The normalized spacial score (nSPS) is 14.7. The van der Waals surface area contributed by atoms with Crippen molar-refractivity contribution in [3.05, 3.63) is 52.6 Å². The molecule has 0 saturated heterocycles. The molecule has 0 unspecified atom stereocenters. The van der Waals surface area contributed by atoms with Gasteiger partial charge in [-0.15, -0.1) is 0 Å². The van der Waals surface area contributed by atoms with E-state index >= 15 is 0 Å². The Hall–Kier alpha value is -2.90. The second-order valence-corrected chi connectivity index (χ2v) is 6.72. The Morgan fingerprint density at radius 1 is 1.07 bits per heavy atom. The molecule has 0 aromatic heterocycles. The summed E-state index contributed by atoms with van der Waals surface area (Å²) in [4.78, 5) is 12.1. The summed E-state index contributed by atoms with van der Waals surface area (Å²) in [7, 11) is 0. The summed E-state index contributed by atoms with van der Waals surface area (Å²) in [6.07, 6.45) is -2.14. The topological polar surface area (TPSA) is 59.6 Å². The molecular formula is C20H19F3N2O3. The Morgan fingerprint density at radius 2 is 1.82 bits per heavy atom. The molecule has 0 saturated carbocycles. The number of carbonyl (C=O) groups excluding carboxylic acids is 1. The summed E-state index contributed by atoms with van der Waals surface area (Å²) >= 11 is 0. The zero-order valence-electron chi connectivity index (χ0n) is 15.0. The molecule has 0 bridgehead atoms. The average molecular weight is 392 g/mol. The first-order chi connectivity index (χ1) is 13.4. The van der Waals surface area contributed by atoms with Crippen LogP contribution in [0, 0.1) is 0 Å². The van der Waals surface area contributed by atoms with E-state index in [1.165, 1.54) is 12.1 Å². The Morgan fingerprint density at radius 3 is 2.57 bits per heavy atom. The SMILES string of the molecule is O=C(NCCc1c2c(cc3c1OCC3)OCC2)Nc1ccc(C(F)(F)F)cc1. The smallest absolute Gasteiger partial charge is 0.416 e. The molecule has 2 aromatic rings. The van der Waals surface area contributed by atoms with E-state index in [9.17, 15) is 18.0 Å². The summed E-state index contributed by atoms with van der Waals surface area (Å²) in [5.74, 6) is 1.79. The number of urea groups is 1. The third kappa shape index (κ3) is 3.72. The van der Waals surface area contributed by atoms with Crippen LogP contribution >= 0.6 is 0 Å². The first-order valence-electron chi connectivity index (χ1n) is 9.07. The molecule has 8 heteroatoms. The molecule has 0 aliphatic carbocycles. The lowest BCUT2D eigenvalue weighted by Crippen LogP contribution is -2.30. The molecule has 4 rings (SSSR count). The molecule has 2 heterocycles. The lowest BCUT2D eigenvalue weighted by atomic mass is 9.97. The van der Waals surface area contributed by atoms with Gasteiger partial charge in [0.15, 0.2) is 0 Å². The fourth-order valence-electron chi connectivity index (χ4n) is 3.57. The van der Waals surface area contributed by atoms with Crippen molar-refractivity contribution < 1.29 is 27.4 Å². The zero-order chi connectivity index (χ0) is 19.7. The maximum atomic E-state index is 12.6. The van der Waals surface area contributed by atoms with Crippen LogP contribution in [0.2, 0.25) is 0 Å². The lowest BCUT2D eigenvalue weighted by molar-refractivity contribution is -0.137. The second-order valence-electron chi connectivity index (χ2n) is 6.72. The van der Waals surface area contributed by atoms with Crippen LogP contribution in [0.3, 0.4) is 0 Å². The maximum absolute atomic E-state index is 12.6. The lowest BCUT2D eigenvalue weighted by Gasteiger charge is -2.14. The highest BCUT2D eigenvalue weighted by Gasteiger charge is 2.30. The molecular weight excluding hydrogens is 373 g/mol. The van der Waals surface area contributed by atoms with Crippen molar-refractivity contribution in [1.29, 1.82) is 0 Å². The van der Waals surface area contributed by atoms with Crippen molar-refractivity contribution >= 4 is 11.7 Å². The van der Waals surface area contributed by atoms with E-state index in [2.05, 4.69) is 10.6 Å². The van der Waals surface area contributed by atoms with E-state index in [0.717, 1.165) is 53.2 Å². The van der Waals surface area contributed by atoms with Crippen LogP contribution in [-0.4, -0.2) is 25.8 Å². The van der Waals surface area contributed by atoms with Crippen LogP contribution in [0.25, 0.3) is 0 Å². The van der Waals surface area contributed by atoms with Gasteiger partial charge in [0.25, 0.3) is 0 Å². The fourth-order valence-corrected chi connectivity index (χ4v) is 3.57. The quantitative estimate of drug-likeness (QED) is 0.829. The van der Waals surface area contributed by atoms with E-state index in [1.54, 1.807) is 0 Å². The van der Waals surface area contributed by atoms with Crippen LogP contribution in [0.5, 0.6) is 11.5 Å². The number of anilines is 1. The first kappa shape index (κ1) is 18.5. The summed E-state index contributed by atoms with van der Waals surface area (Å²) < 4.78 is 49.2.